The minimum atomic E-state index is 0.362. The second kappa shape index (κ2) is 2.45. The molecule has 0 fully saturated rings. The van der Waals surface area contributed by atoms with Gasteiger partial charge in [0.15, 0.2) is 12.1 Å². The summed E-state index contributed by atoms with van der Waals surface area (Å²) < 4.78 is 6.25. The second-order valence-electron chi connectivity index (χ2n) is 2.38. The van der Waals surface area contributed by atoms with Gasteiger partial charge in [-0.25, -0.2) is 4.98 Å². The van der Waals surface area contributed by atoms with Crippen molar-refractivity contribution in [1.29, 1.82) is 0 Å². The molecule has 0 unspecified atom stereocenters. The highest BCUT2D eigenvalue weighted by Crippen LogP contribution is 2.20. The standard InChI is InChI=1S/C7H5BrN2O2/c1-4-9-5-2-3-10(11)7(8)6(5)12-4/h2-3H,1H3. The predicted molar refractivity (Wildman–Crippen MR) is 45.4 cm³/mol. The first kappa shape index (κ1) is 7.54. The zero-order valence-electron chi connectivity index (χ0n) is 6.24. The van der Waals surface area contributed by atoms with Crippen molar-refractivity contribution in [3.8, 4) is 0 Å². The quantitative estimate of drug-likeness (QED) is 0.391. The lowest BCUT2D eigenvalue weighted by Crippen LogP contribution is -2.26. The molecule has 4 nitrogen and oxygen atoms in total. The highest BCUT2D eigenvalue weighted by molar-refractivity contribution is 9.10. The number of aromatic nitrogens is 2. The van der Waals surface area contributed by atoms with E-state index < -0.39 is 0 Å². The molecule has 0 aliphatic rings. The lowest BCUT2D eigenvalue weighted by molar-refractivity contribution is -0.615. The van der Waals surface area contributed by atoms with E-state index in [2.05, 4.69) is 20.9 Å². The van der Waals surface area contributed by atoms with Crippen LogP contribution in [0.1, 0.15) is 5.89 Å². The fraction of sp³-hybridized carbons (Fsp3) is 0.143. The summed E-state index contributed by atoms with van der Waals surface area (Å²) in [6.07, 6.45) is 1.38. The summed E-state index contributed by atoms with van der Waals surface area (Å²) >= 11 is 3.11. The fourth-order valence-corrected chi connectivity index (χ4v) is 1.41. The highest BCUT2D eigenvalue weighted by Gasteiger charge is 2.12. The van der Waals surface area contributed by atoms with Crippen LogP contribution in [0.4, 0.5) is 0 Å². The van der Waals surface area contributed by atoms with Crippen LogP contribution in [0.25, 0.3) is 11.1 Å². The van der Waals surface area contributed by atoms with E-state index in [4.69, 9.17) is 4.42 Å². The van der Waals surface area contributed by atoms with Crippen molar-refractivity contribution in [1.82, 2.24) is 4.98 Å². The maximum absolute atomic E-state index is 11.0. The van der Waals surface area contributed by atoms with Crippen LogP contribution in [-0.2, 0) is 0 Å². The zero-order valence-corrected chi connectivity index (χ0v) is 7.83. The monoisotopic (exact) mass is 228 g/mol. The Labute approximate surface area is 76.5 Å². The Balaban J connectivity index is 2.89. The molecule has 0 atom stereocenters. The highest BCUT2D eigenvalue weighted by atomic mass is 79.9. The van der Waals surface area contributed by atoms with Gasteiger partial charge in [-0.2, -0.15) is 4.73 Å². The van der Waals surface area contributed by atoms with Gasteiger partial charge in [0.2, 0.25) is 5.58 Å². The van der Waals surface area contributed by atoms with Crippen molar-refractivity contribution in [3.63, 3.8) is 0 Å². The van der Waals surface area contributed by atoms with Crippen LogP contribution in [0.15, 0.2) is 21.3 Å². The Hall–Kier alpha value is -1.10. The Bertz CT molecular complexity index is 438. The van der Waals surface area contributed by atoms with E-state index in [1.165, 1.54) is 6.20 Å². The molecule has 2 aromatic rings. The maximum Gasteiger partial charge on any atom is 0.304 e. The van der Waals surface area contributed by atoms with Crippen molar-refractivity contribution in [2.75, 3.05) is 0 Å². The molecule has 2 aromatic heterocycles. The van der Waals surface area contributed by atoms with Gasteiger partial charge in [0.1, 0.15) is 5.52 Å². The third kappa shape index (κ3) is 0.972. The van der Waals surface area contributed by atoms with E-state index in [-0.39, 0.29) is 0 Å². The lowest BCUT2D eigenvalue weighted by atomic mass is 10.4. The average Bonchev–Trinajstić information content (AvgIpc) is 2.39. The fourth-order valence-electron chi connectivity index (χ4n) is 1.01. The van der Waals surface area contributed by atoms with Crippen molar-refractivity contribution >= 4 is 27.0 Å². The van der Waals surface area contributed by atoms with E-state index in [9.17, 15) is 5.21 Å². The van der Waals surface area contributed by atoms with Gasteiger partial charge in [-0.3, -0.25) is 0 Å². The molecule has 62 valence electrons. The minimum absolute atomic E-state index is 0.362. The molecule has 2 heterocycles. The van der Waals surface area contributed by atoms with Crippen LogP contribution in [0, 0.1) is 12.1 Å². The number of hydrogen-bond acceptors (Lipinski definition) is 3. The number of halogens is 1. The number of nitrogens with zero attached hydrogens (tertiary/aromatic N) is 2. The number of oxazole rings is 1. The van der Waals surface area contributed by atoms with Crippen molar-refractivity contribution in [3.05, 3.63) is 28.0 Å². The predicted octanol–water partition coefficient (Wildman–Crippen LogP) is 1.53. The number of aryl methyl sites for hydroxylation is 1. The number of hydrogen-bond donors (Lipinski definition) is 0. The van der Waals surface area contributed by atoms with Crippen molar-refractivity contribution < 1.29 is 9.15 Å². The molecule has 0 saturated carbocycles. The first-order valence-electron chi connectivity index (χ1n) is 3.33. The summed E-state index contributed by atoms with van der Waals surface area (Å²) in [4.78, 5) is 4.07. The van der Waals surface area contributed by atoms with Crippen LogP contribution in [0.3, 0.4) is 0 Å². The van der Waals surface area contributed by atoms with Gasteiger partial charge in [0, 0.05) is 28.9 Å². The molecule has 12 heavy (non-hydrogen) atoms. The van der Waals surface area contributed by atoms with E-state index in [0.717, 1.165) is 0 Å². The van der Waals surface area contributed by atoms with Gasteiger partial charge >= 0.3 is 4.60 Å². The van der Waals surface area contributed by atoms with Crippen LogP contribution < -0.4 is 4.73 Å². The van der Waals surface area contributed by atoms with Gasteiger partial charge in [-0.1, -0.05) is 0 Å². The Morgan fingerprint density at radius 1 is 1.67 bits per heavy atom. The van der Waals surface area contributed by atoms with E-state index in [1.54, 1.807) is 13.0 Å². The molecular formula is C7H5BrN2O2. The van der Waals surface area contributed by atoms with Crippen molar-refractivity contribution in [2.45, 2.75) is 6.92 Å². The smallest absolute Gasteiger partial charge is 0.304 e. The molecule has 0 aliphatic heterocycles. The molecule has 0 saturated heterocycles. The molecule has 0 amide bonds. The largest absolute Gasteiger partial charge is 0.618 e. The van der Waals surface area contributed by atoms with Crippen LogP contribution in [-0.4, -0.2) is 4.98 Å². The number of fused-ring (bicyclic) bond motifs is 1. The van der Waals surface area contributed by atoms with Crippen LogP contribution >= 0.6 is 15.9 Å². The summed E-state index contributed by atoms with van der Waals surface area (Å²) in [5.41, 5.74) is 1.18. The normalized spacial score (nSPS) is 10.8. The first-order chi connectivity index (χ1) is 5.68. The van der Waals surface area contributed by atoms with E-state index >= 15 is 0 Å². The van der Waals surface area contributed by atoms with Gasteiger partial charge in [-0.15, -0.1) is 0 Å². The molecule has 0 bridgehead atoms. The Morgan fingerprint density at radius 2 is 2.42 bits per heavy atom. The molecule has 0 radical (unpaired) electrons. The molecule has 0 aromatic carbocycles. The first-order valence-corrected chi connectivity index (χ1v) is 4.12. The van der Waals surface area contributed by atoms with Gasteiger partial charge in [0.05, 0.1) is 0 Å². The average molecular weight is 229 g/mol. The van der Waals surface area contributed by atoms with Gasteiger partial charge in [-0.05, 0) is 0 Å². The number of pyridine rings is 1. The van der Waals surface area contributed by atoms with Gasteiger partial charge < -0.3 is 9.62 Å². The maximum atomic E-state index is 11.0. The lowest BCUT2D eigenvalue weighted by Gasteiger charge is -1.95. The summed E-state index contributed by atoms with van der Waals surface area (Å²) in [7, 11) is 0. The third-order valence-electron chi connectivity index (χ3n) is 1.51. The Kier molecular flexibility index (Phi) is 1.54. The topological polar surface area (TPSA) is 53.0 Å². The molecule has 0 aliphatic carbocycles. The Morgan fingerprint density at radius 3 is 3.17 bits per heavy atom. The summed E-state index contributed by atoms with van der Waals surface area (Å²) in [6, 6.07) is 1.61. The van der Waals surface area contributed by atoms with Crippen LogP contribution in [0.5, 0.6) is 0 Å². The SMILES string of the molecule is Cc1nc2cc[n+]([O-])c(Br)c2o1. The molecule has 0 spiro atoms. The third-order valence-corrected chi connectivity index (χ3v) is 2.22. The van der Waals surface area contributed by atoms with Crippen LogP contribution in [0.2, 0.25) is 0 Å². The molecular weight excluding hydrogens is 224 g/mol. The molecule has 0 N–H and O–H groups in total. The number of rotatable bonds is 0. The zero-order chi connectivity index (χ0) is 8.72. The molecule has 2 rings (SSSR count). The summed E-state index contributed by atoms with van der Waals surface area (Å²) in [5.74, 6) is 0.553. The van der Waals surface area contributed by atoms with Crippen molar-refractivity contribution in [2.24, 2.45) is 0 Å². The summed E-state index contributed by atoms with van der Waals surface area (Å²) in [5, 5.41) is 11.0. The van der Waals surface area contributed by atoms with E-state index in [0.29, 0.717) is 26.3 Å². The molecule has 5 heteroatoms. The van der Waals surface area contributed by atoms with Gasteiger partial charge in [0.25, 0.3) is 0 Å². The summed E-state index contributed by atoms with van der Waals surface area (Å²) in [6.45, 7) is 1.74. The second-order valence-corrected chi connectivity index (χ2v) is 3.13. The van der Waals surface area contributed by atoms with E-state index in [1.807, 2.05) is 0 Å². The minimum Gasteiger partial charge on any atom is -0.618 e.